The van der Waals surface area contributed by atoms with Crippen LogP contribution < -0.4 is 10.5 Å². The van der Waals surface area contributed by atoms with Crippen LogP contribution in [0.5, 0.6) is 0 Å². The summed E-state index contributed by atoms with van der Waals surface area (Å²) in [5.41, 5.74) is 1.57. The van der Waals surface area contributed by atoms with E-state index in [1.807, 2.05) is 48.7 Å². The van der Waals surface area contributed by atoms with E-state index in [0.29, 0.717) is 34.4 Å². The first-order valence-electron chi connectivity index (χ1n) is 8.97. The highest BCUT2D eigenvalue weighted by Gasteiger charge is 2.18. The number of para-hydroxylation sites is 1. The van der Waals surface area contributed by atoms with Gasteiger partial charge in [-0.2, -0.15) is 0 Å². The Morgan fingerprint density at radius 2 is 2.00 bits per heavy atom. The van der Waals surface area contributed by atoms with E-state index in [-0.39, 0.29) is 17.2 Å². The third-order valence-electron chi connectivity index (χ3n) is 4.09. The van der Waals surface area contributed by atoms with Crippen LogP contribution in [0.3, 0.4) is 0 Å². The highest BCUT2D eigenvalue weighted by atomic mass is 32.2. The lowest BCUT2D eigenvalue weighted by Crippen LogP contribution is -2.32. The molecule has 1 aromatic carbocycles. The Kier molecular flexibility index (Phi) is 6.34. The zero-order valence-electron chi connectivity index (χ0n) is 15.7. The smallest absolute Gasteiger partial charge is 0.272 e. The second kappa shape index (κ2) is 8.71. The molecule has 142 valence electrons. The lowest BCUT2D eigenvalue weighted by molar-refractivity contribution is -0.116. The number of fused-ring (bicyclic) bond motifs is 1. The Morgan fingerprint density at radius 1 is 1.26 bits per heavy atom. The summed E-state index contributed by atoms with van der Waals surface area (Å²) >= 11 is 2.75. The van der Waals surface area contributed by atoms with Crippen LogP contribution in [0, 0.1) is 5.92 Å². The maximum atomic E-state index is 12.8. The summed E-state index contributed by atoms with van der Waals surface area (Å²) in [5, 5.41) is 2.49. The van der Waals surface area contributed by atoms with E-state index in [4.69, 9.17) is 0 Å². The fourth-order valence-electron chi connectivity index (χ4n) is 2.87. The third kappa shape index (κ3) is 4.42. The molecule has 0 bridgehead atoms. The van der Waals surface area contributed by atoms with Gasteiger partial charge in [-0.1, -0.05) is 43.8 Å². The van der Waals surface area contributed by atoms with Gasteiger partial charge in [0.05, 0.1) is 11.3 Å². The van der Waals surface area contributed by atoms with Gasteiger partial charge >= 0.3 is 0 Å². The lowest BCUT2D eigenvalue weighted by Gasteiger charge is -2.21. The number of amides is 1. The summed E-state index contributed by atoms with van der Waals surface area (Å²) in [7, 11) is 0. The number of thiophene rings is 1. The SMILES string of the molecule is CCN(C(=O)CSc1nc2ccsc2c(=O)n1CC(C)C)c1ccccc1. The van der Waals surface area contributed by atoms with E-state index in [1.54, 1.807) is 9.47 Å². The standard InChI is InChI=1S/C20H23N3O2S2/c1-4-22(15-8-6-5-7-9-15)17(24)13-27-20-21-16-10-11-26-18(16)19(25)23(20)12-14(2)3/h5-11,14H,4,12-13H2,1-3H3. The molecule has 0 fully saturated rings. The summed E-state index contributed by atoms with van der Waals surface area (Å²) < 4.78 is 2.38. The normalized spacial score (nSPS) is 11.3. The molecule has 1 amide bonds. The molecule has 0 aliphatic heterocycles. The molecule has 0 spiro atoms. The second-order valence-corrected chi connectivity index (χ2v) is 8.46. The predicted octanol–water partition coefficient (Wildman–Crippen LogP) is 4.26. The minimum atomic E-state index is -0.0194. The number of benzene rings is 1. The van der Waals surface area contributed by atoms with Gasteiger partial charge in [0.2, 0.25) is 5.91 Å². The van der Waals surface area contributed by atoms with Crippen LogP contribution in [-0.4, -0.2) is 27.8 Å². The maximum absolute atomic E-state index is 12.8. The van der Waals surface area contributed by atoms with Crippen LogP contribution in [0.4, 0.5) is 5.69 Å². The van der Waals surface area contributed by atoms with Crippen molar-refractivity contribution in [2.45, 2.75) is 32.5 Å². The van der Waals surface area contributed by atoms with Gasteiger partial charge in [-0.05, 0) is 36.4 Å². The third-order valence-corrected chi connectivity index (χ3v) is 5.94. The van der Waals surface area contributed by atoms with Gasteiger partial charge in [0.25, 0.3) is 5.56 Å². The highest BCUT2D eigenvalue weighted by Crippen LogP contribution is 2.23. The van der Waals surface area contributed by atoms with E-state index in [0.717, 1.165) is 5.69 Å². The van der Waals surface area contributed by atoms with Crippen LogP contribution in [-0.2, 0) is 11.3 Å². The number of nitrogens with zero attached hydrogens (tertiary/aromatic N) is 3. The van der Waals surface area contributed by atoms with Gasteiger partial charge in [-0.25, -0.2) is 4.98 Å². The van der Waals surface area contributed by atoms with Crippen LogP contribution >= 0.6 is 23.1 Å². The Balaban J connectivity index is 1.85. The number of carbonyl (C=O) groups is 1. The molecule has 5 nitrogen and oxygen atoms in total. The van der Waals surface area contributed by atoms with Gasteiger partial charge in [0.15, 0.2) is 5.16 Å². The number of thioether (sulfide) groups is 1. The summed E-state index contributed by atoms with van der Waals surface area (Å²) in [6, 6.07) is 11.5. The van der Waals surface area contributed by atoms with Crippen molar-refractivity contribution in [2.75, 3.05) is 17.2 Å². The van der Waals surface area contributed by atoms with Crippen molar-refractivity contribution in [3.63, 3.8) is 0 Å². The fourth-order valence-corrected chi connectivity index (χ4v) is 4.54. The Labute approximate surface area is 167 Å². The van der Waals surface area contributed by atoms with Crippen LogP contribution in [0.25, 0.3) is 10.2 Å². The van der Waals surface area contributed by atoms with Gasteiger partial charge in [-0.3, -0.25) is 14.2 Å². The Morgan fingerprint density at radius 3 is 2.67 bits per heavy atom. The van der Waals surface area contributed by atoms with E-state index in [1.165, 1.54) is 23.1 Å². The van der Waals surface area contributed by atoms with E-state index in [2.05, 4.69) is 18.8 Å². The fraction of sp³-hybridized carbons (Fsp3) is 0.350. The molecule has 27 heavy (non-hydrogen) atoms. The topological polar surface area (TPSA) is 55.2 Å². The van der Waals surface area contributed by atoms with Gasteiger partial charge in [0, 0.05) is 18.8 Å². The van der Waals surface area contributed by atoms with E-state index in [9.17, 15) is 9.59 Å². The zero-order valence-corrected chi connectivity index (χ0v) is 17.3. The first-order chi connectivity index (χ1) is 13.0. The minimum Gasteiger partial charge on any atom is -0.312 e. The van der Waals surface area contributed by atoms with Crippen molar-refractivity contribution in [3.05, 3.63) is 52.1 Å². The Bertz CT molecular complexity index is 980. The van der Waals surface area contributed by atoms with Crippen LogP contribution in [0.1, 0.15) is 20.8 Å². The van der Waals surface area contributed by atoms with Crippen molar-refractivity contribution >= 4 is 44.9 Å². The minimum absolute atomic E-state index is 0.00413. The molecule has 0 aliphatic rings. The molecule has 0 atom stereocenters. The second-order valence-electron chi connectivity index (χ2n) is 6.60. The molecular weight excluding hydrogens is 378 g/mol. The molecule has 7 heteroatoms. The van der Waals surface area contributed by atoms with Crippen molar-refractivity contribution in [3.8, 4) is 0 Å². The number of anilines is 1. The number of hydrogen-bond donors (Lipinski definition) is 0. The molecule has 2 heterocycles. The average Bonchev–Trinajstić information content (AvgIpc) is 3.12. The monoisotopic (exact) mass is 401 g/mol. The van der Waals surface area contributed by atoms with Gasteiger partial charge in [0.1, 0.15) is 4.70 Å². The first-order valence-corrected chi connectivity index (χ1v) is 10.8. The van der Waals surface area contributed by atoms with Crippen LogP contribution in [0.15, 0.2) is 51.7 Å². The maximum Gasteiger partial charge on any atom is 0.272 e. The Hall–Kier alpha value is -2.12. The molecule has 0 saturated carbocycles. The summed E-state index contributed by atoms with van der Waals surface area (Å²) in [4.78, 5) is 32.0. The lowest BCUT2D eigenvalue weighted by atomic mass is 10.2. The summed E-state index contributed by atoms with van der Waals surface area (Å²) in [6.45, 7) is 7.28. The molecule has 0 radical (unpaired) electrons. The van der Waals surface area contributed by atoms with Crippen LogP contribution in [0.2, 0.25) is 0 Å². The molecule has 2 aromatic heterocycles. The van der Waals surface area contributed by atoms with E-state index >= 15 is 0 Å². The summed E-state index contributed by atoms with van der Waals surface area (Å²) in [6.07, 6.45) is 0. The van der Waals surface area contributed by atoms with Crippen molar-refractivity contribution in [2.24, 2.45) is 5.92 Å². The van der Waals surface area contributed by atoms with Crippen molar-refractivity contribution in [1.82, 2.24) is 9.55 Å². The number of aromatic nitrogens is 2. The van der Waals surface area contributed by atoms with Gasteiger partial charge in [-0.15, -0.1) is 11.3 Å². The number of rotatable bonds is 7. The quantitative estimate of drug-likeness (QED) is 0.438. The number of carbonyl (C=O) groups excluding carboxylic acids is 1. The average molecular weight is 402 g/mol. The van der Waals surface area contributed by atoms with E-state index < -0.39 is 0 Å². The predicted molar refractivity (Wildman–Crippen MR) is 114 cm³/mol. The first kappa shape index (κ1) is 19.6. The molecular formula is C20H23N3O2S2. The molecule has 3 rings (SSSR count). The summed E-state index contributed by atoms with van der Waals surface area (Å²) in [5.74, 6) is 0.556. The largest absolute Gasteiger partial charge is 0.312 e. The highest BCUT2D eigenvalue weighted by molar-refractivity contribution is 7.99. The molecule has 0 aliphatic carbocycles. The zero-order chi connectivity index (χ0) is 19.4. The molecule has 3 aromatic rings. The molecule has 0 saturated heterocycles. The number of hydrogen-bond acceptors (Lipinski definition) is 5. The van der Waals surface area contributed by atoms with Crippen molar-refractivity contribution < 1.29 is 4.79 Å². The van der Waals surface area contributed by atoms with Crippen molar-refractivity contribution in [1.29, 1.82) is 0 Å². The molecule has 0 unspecified atom stereocenters. The molecule has 0 N–H and O–H groups in total. The van der Waals surface area contributed by atoms with Gasteiger partial charge < -0.3 is 4.90 Å².